The van der Waals surface area contributed by atoms with Gasteiger partial charge in [0.15, 0.2) is 0 Å². The van der Waals surface area contributed by atoms with Gasteiger partial charge in [0.25, 0.3) is 0 Å². The summed E-state index contributed by atoms with van der Waals surface area (Å²) in [4.78, 5) is 22.8. The molecule has 0 aliphatic rings. The molecule has 4 nitrogen and oxygen atoms in total. The van der Waals surface area contributed by atoms with Crippen LogP contribution in [0.25, 0.3) is 0 Å². The molecule has 0 fully saturated rings. The Morgan fingerprint density at radius 1 is 0.474 bits per heavy atom. The Hall–Kier alpha value is -1.06. The van der Waals surface area contributed by atoms with Gasteiger partial charge < -0.3 is 9.84 Å². The molecule has 0 aromatic rings. The Morgan fingerprint density at radius 3 is 1.24 bits per heavy atom. The van der Waals surface area contributed by atoms with Crippen molar-refractivity contribution in [1.29, 1.82) is 0 Å². The highest BCUT2D eigenvalue weighted by Gasteiger charge is 2.13. The number of hydrogen-bond donors (Lipinski definition) is 1. The van der Waals surface area contributed by atoms with Crippen LogP contribution < -0.4 is 0 Å². The van der Waals surface area contributed by atoms with Crippen molar-refractivity contribution in [3.8, 4) is 0 Å². The zero-order valence-corrected chi connectivity index (χ0v) is 25.8. The number of carboxylic acids is 1. The van der Waals surface area contributed by atoms with Gasteiger partial charge >= 0.3 is 11.9 Å². The zero-order valence-electron chi connectivity index (χ0n) is 25.8. The van der Waals surface area contributed by atoms with E-state index in [-0.39, 0.29) is 12.1 Å². The number of ether oxygens (including phenoxy) is 1. The molecule has 0 spiro atoms. The van der Waals surface area contributed by atoms with Crippen molar-refractivity contribution in [2.45, 2.75) is 206 Å². The summed E-state index contributed by atoms with van der Waals surface area (Å²) >= 11 is 0. The summed E-state index contributed by atoms with van der Waals surface area (Å²) in [5.74, 6) is -0.649. The van der Waals surface area contributed by atoms with Crippen LogP contribution in [-0.4, -0.2) is 23.1 Å². The van der Waals surface area contributed by atoms with Crippen LogP contribution in [0.4, 0.5) is 0 Å². The molecule has 0 aromatic heterocycles. The van der Waals surface area contributed by atoms with E-state index in [1.165, 1.54) is 128 Å². The topological polar surface area (TPSA) is 63.6 Å². The highest BCUT2D eigenvalue weighted by molar-refractivity contribution is 5.69. The lowest BCUT2D eigenvalue weighted by Gasteiger charge is -2.17. The molecule has 0 saturated carbocycles. The summed E-state index contributed by atoms with van der Waals surface area (Å²) in [6, 6.07) is 0. The van der Waals surface area contributed by atoms with Crippen molar-refractivity contribution in [3.63, 3.8) is 0 Å². The van der Waals surface area contributed by atoms with E-state index in [0.29, 0.717) is 12.8 Å². The molecule has 0 heterocycles. The molecule has 1 atom stereocenters. The Labute approximate surface area is 237 Å². The van der Waals surface area contributed by atoms with Crippen molar-refractivity contribution in [1.82, 2.24) is 0 Å². The molecule has 0 aliphatic carbocycles. The van der Waals surface area contributed by atoms with Crippen molar-refractivity contribution in [2.75, 3.05) is 0 Å². The van der Waals surface area contributed by atoms with E-state index in [0.717, 1.165) is 44.9 Å². The van der Waals surface area contributed by atoms with E-state index in [2.05, 4.69) is 13.8 Å². The molecule has 0 radical (unpaired) electrons. The third-order valence-electron chi connectivity index (χ3n) is 7.81. The van der Waals surface area contributed by atoms with Crippen molar-refractivity contribution in [2.24, 2.45) is 0 Å². The number of carbonyl (C=O) groups is 2. The number of aliphatic carboxylic acids is 1. The third-order valence-corrected chi connectivity index (χ3v) is 7.81. The highest BCUT2D eigenvalue weighted by atomic mass is 16.5. The van der Waals surface area contributed by atoms with E-state index >= 15 is 0 Å². The zero-order chi connectivity index (χ0) is 27.9. The van der Waals surface area contributed by atoms with Crippen molar-refractivity contribution in [3.05, 3.63) is 0 Å². The molecule has 0 amide bonds. The van der Waals surface area contributed by atoms with Gasteiger partial charge in [0.2, 0.25) is 0 Å². The van der Waals surface area contributed by atoms with Crippen LogP contribution in [0.2, 0.25) is 0 Å². The molecule has 0 aliphatic heterocycles. The monoisotopic (exact) mass is 538 g/mol. The Morgan fingerprint density at radius 2 is 0.842 bits per heavy atom. The van der Waals surface area contributed by atoms with Gasteiger partial charge in [-0.2, -0.15) is 0 Å². The first-order valence-corrected chi connectivity index (χ1v) is 17.0. The van der Waals surface area contributed by atoms with Crippen LogP contribution in [0.5, 0.6) is 0 Å². The fraction of sp³-hybridized carbons (Fsp3) is 0.941. The van der Waals surface area contributed by atoms with Crippen LogP contribution in [0.3, 0.4) is 0 Å². The molecule has 1 N–H and O–H groups in total. The van der Waals surface area contributed by atoms with Gasteiger partial charge in [0.05, 0.1) is 0 Å². The van der Waals surface area contributed by atoms with Crippen LogP contribution in [0.1, 0.15) is 200 Å². The van der Waals surface area contributed by atoms with Crippen molar-refractivity contribution >= 4 is 11.9 Å². The lowest BCUT2D eigenvalue weighted by molar-refractivity contribution is -0.150. The van der Waals surface area contributed by atoms with Crippen LogP contribution in [-0.2, 0) is 14.3 Å². The Bertz CT molecular complexity index is 505. The maximum Gasteiger partial charge on any atom is 0.306 e. The van der Waals surface area contributed by atoms with E-state index in [1.54, 1.807) is 0 Å². The SMILES string of the molecule is CCCCCCCCCCCCCCCC(=O)OC(CCC)CCCCCCCCCCCCCC(=O)O. The van der Waals surface area contributed by atoms with Gasteiger partial charge in [0.1, 0.15) is 6.10 Å². The second-order valence-corrected chi connectivity index (χ2v) is 11.7. The maximum absolute atomic E-state index is 12.3. The first-order chi connectivity index (χ1) is 18.6. The Kier molecular flexibility index (Phi) is 29.6. The van der Waals surface area contributed by atoms with Crippen molar-refractivity contribution < 1.29 is 19.4 Å². The summed E-state index contributed by atoms with van der Waals surface area (Å²) in [6.45, 7) is 4.46. The molecule has 0 aromatic carbocycles. The number of esters is 1. The largest absolute Gasteiger partial charge is 0.481 e. The smallest absolute Gasteiger partial charge is 0.306 e. The first kappa shape index (κ1) is 36.9. The number of carboxylic acid groups (broad SMARTS) is 1. The quantitative estimate of drug-likeness (QED) is 0.0704. The van der Waals surface area contributed by atoms with Gasteiger partial charge in [-0.15, -0.1) is 0 Å². The molecular weight excluding hydrogens is 472 g/mol. The standard InChI is InChI=1S/C34H66O4/c1-3-5-6-7-8-9-10-11-15-18-21-24-27-31-34(37)38-32(28-4-2)29-25-22-19-16-13-12-14-17-20-23-26-30-33(35)36/h32H,3-31H2,1-2H3,(H,35,36). The van der Waals surface area contributed by atoms with E-state index in [4.69, 9.17) is 9.84 Å². The lowest BCUT2D eigenvalue weighted by Crippen LogP contribution is -2.18. The molecule has 4 heteroatoms. The fourth-order valence-corrected chi connectivity index (χ4v) is 5.36. The molecule has 0 bridgehead atoms. The second kappa shape index (κ2) is 30.5. The predicted molar refractivity (Wildman–Crippen MR) is 163 cm³/mol. The number of carbonyl (C=O) groups excluding carboxylic acids is 1. The normalized spacial score (nSPS) is 12.1. The van der Waals surface area contributed by atoms with Gasteiger partial charge in [-0.25, -0.2) is 0 Å². The maximum atomic E-state index is 12.3. The molecule has 1 unspecified atom stereocenters. The number of rotatable bonds is 31. The first-order valence-electron chi connectivity index (χ1n) is 17.0. The average Bonchev–Trinajstić information content (AvgIpc) is 2.89. The van der Waals surface area contributed by atoms with Crippen LogP contribution in [0, 0.1) is 0 Å². The summed E-state index contributed by atoms with van der Waals surface area (Å²) < 4.78 is 5.84. The molecule has 226 valence electrons. The summed E-state index contributed by atoms with van der Waals surface area (Å²) in [5.41, 5.74) is 0. The third kappa shape index (κ3) is 29.5. The van der Waals surface area contributed by atoms with Crippen LogP contribution in [0.15, 0.2) is 0 Å². The fourth-order valence-electron chi connectivity index (χ4n) is 5.36. The minimum absolute atomic E-state index is 0.0227. The summed E-state index contributed by atoms with van der Waals surface area (Å²) in [5, 5.41) is 8.65. The predicted octanol–water partition coefficient (Wildman–Crippen LogP) is 11.3. The second-order valence-electron chi connectivity index (χ2n) is 11.7. The van der Waals surface area contributed by atoms with Gasteiger partial charge in [-0.1, -0.05) is 155 Å². The highest BCUT2D eigenvalue weighted by Crippen LogP contribution is 2.17. The number of unbranched alkanes of at least 4 members (excludes halogenated alkanes) is 22. The van der Waals surface area contributed by atoms with E-state index < -0.39 is 5.97 Å². The molecule has 0 saturated heterocycles. The van der Waals surface area contributed by atoms with E-state index in [1.807, 2.05) is 0 Å². The molecular formula is C34H66O4. The number of hydrogen-bond acceptors (Lipinski definition) is 3. The Balaban J connectivity index is 3.53. The summed E-state index contributed by atoms with van der Waals surface area (Å²) in [7, 11) is 0. The van der Waals surface area contributed by atoms with E-state index in [9.17, 15) is 9.59 Å². The molecule has 38 heavy (non-hydrogen) atoms. The minimum atomic E-state index is -0.672. The average molecular weight is 539 g/mol. The van der Waals surface area contributed by atoms with Gasteiger partial charge in [0, 0.05) is 12.8 Å². The molecule has 0 rings (SSSR count). The summed E-state index contributed by atoms with van der Waals surface area (Å²) in [6.07, 6.45) is 34.5. The van der Waals surface area contributed by atoms with Gasteiger partial charge in [-0.3, -0.25) is 9.59 Å². The van der Waals surface area contributed by atoms with Crippen LogP contribution >= 0.6 is 0 Å². The lowest BCUT2D eigenvalue weighted by atomic mass is 10.0. The van der Waals surface area contributed by atoms with Gasteiger partial charge in [-0.05, 0) is 32.1 Å². The minimum Gasteiger partial charge on any atom is -0.481 e.